The molecule has 5 heteroatoms. The van der Waals surface area contributed by atoms with E-state index in [9.17, 15) is 0 Å². The largest absolute Gasteiger partial charge is 0.354 e. The van der Waals surface area contributed by atoms with Crippen molar-refractivity contribution in [2.75, 3.05) is 37.6 Å². The monoisotopic (exact) mass is 375 g/mol. The molecule has 0 N–H and O–H groups in total. The van der Waals surface area contributed by atoms with Gasteiger partial charge in [-0.2, -0.15) is 9.61 Å². The summed E-state index contributed by atoms with van der Waals surface area (Å²) in [6.07, 6.45) is 1.95. The Morgan fingerprint density at radius 2 is 1.82 bits per heavy atom. The van der Waals surface area contributed by atoms with E-state index in [0.717, 1.165) is 61.0 Å². The Labute approximate surface area is 167 Å². The molecule has 1 aliphatic heterocycles. The Balaban J connectivity index is 1.72. The number of piperazine rings is 1. The highest BCUT2D eigenvalue weighted by Gasteiger charge is 2.22. The van der Waals surface area contributed by atoms with Crippen LogP contribution in [0.1, 0.15) is 32.4 Å². The van der Waals surface area contributed by atoms with Gasteiger partial charge in [-0.3, -0.25) is 4.90 Å². The number of aromatic nitrogens is 3. The third kappa shape index (κ3) is 3.67. The van der Waals surface area contributed by atoms with E-state index in [-0.39, 0.29) is 0 Å². The fraction of sp³-hybridized carbons (Fsp3) is 0.391. The molecule has 28 heavy (non-hydrogen) atoms. The van der Waals surface area contributed by atoms with Gasteiger partial charge in [0, 0.05) is 50.0 Å². The molecule has 3 aromatic rings. The second kappa shape index (κ2) is 7.76. The maximum absolute atomic E-state index is 4.97. The Bertz CT molecular complexity index is 965. The molecule has 3 heterocycles. The molecule has 0 bridgehead atoms. The van der Waals surface area contributed by atoms with E-state index >= 15 is 0 Å². The van der Waals surface area contributed by atoms with Crippen LogP contribution in [0.15, 0.2) is 54.7 Å². The zero-order valence-electron chi connectivity index (χ0n) is 17.1. The van der Waals surface area contributed by atoms with Gasteiger partial charge < -0.3 is 4.90 Å². The summed E-state index contributed by atoms with van der Waals surface area (Å²) in [6.45, 7) is 15.6. The fourth-order valence-corrected chi connectivity index (χ4v) is 3.82. The molecule has 1 saturated heterocycles. The average molecular weight is 376 g/mol. The summed E-state index contributed by atoms with van der Waals surface area (Å²) >= 11 is 0. The van der Waals surface area contributed by atoms with E-state index < -0.39 is 0 Å². The Kier molecular flexibility index (Phi) is 5.18. The van der Waals surface area contributed by atoms with Gasteiger partial charge in [-0.1, -0.05) is 56.3 Å². The lowest BCUT2D eigenvalue weighted by atomic mass is 10.1. The van der Waals surface area contributed by atoms with Gasteiger partial charge in [-0.15, -0.1) is 0 Å². The van der Waals surface area contributed by atoms with E-state index in [1.165, 1.54) is 5.57 Å². The van der Waals surface area contributed by atoms with Gasteiger partial charge in [0.05, 0.1) is 6.20 Å². The second-order valence-corrected chi connectivity index (χ2v) is 8.07. The predicted octanol–water partition coefficient (Wildman–Crippen LogP) is 4.22. The van der Waals surface area contributed by atoms with Gasteiger partial charge in [0.15, 0.2) is 5.65 Å². The highest BCUT2D eigenvalue weighted by molar-refractivity contribution is 5.78. The number of anilines is 1. The van der Waals surface area contributed by atoms with Crippen molar-refractivity contribution in [1.82, 2.24) is 19.5 Å². The zero-order chi connectivity index (χ0) is 19.7. The predicted molar refractivity (Wildman–Crippen MR) is 116 cm³/mol. The molecule has 1 aliphatic rings. The van der Waals surface area contributed by atoms with E-state index in [1.54, 1.807) is 0 Å². The summed E-state index contributed by atoms with van der Waals surface area (Å²) < 4.78 is 2.02. The van der Waals surface area contributed by atoms with Crippen LogP contribution in [-0.2, 0) is 0 Å². The number of rotatable bonds is 5. The molecule has 5 nitrogen and oxygen atoms in total. The highest BCUT2D eigenvalue weighted by atomic mass is 15.4. The molecule has 0 radical (unpaired) electrons. The second-order valence-electron chi connectivity index (χ2n) is 8.07. The van der Waals surface area contributed by atoms with Crippen LogP contribution < -0.4 is 4.90 Å². The molecule has 1 fully saturated rings. The number of hydrogen-bond donors (Lipinski definition) is 0. The molecule has 0 aliphatic carbocycles. The summed E-state index contributed by atoms with van der Waals surface area (Å²) in [5.74, 6) is 1.51. The van der Waals surface area contributed by atoms with Gasteiger partial charge in [-0.05, 0) is 18.4 Å². The van der Waals surface area contributed by atoms with E-state index in [0.29, 0.717) is 5.92 Å². The quantitative estimate of drug-likeness (QED) is 0.626. The first kappa shape index (κ1) is 18.7. The Hall–Kier alpha value is -2.66. The van der Waals surface area contributed by atoms with Crippen molar-refractivity contribution in [1.29, 1.82) is 0 Å². The summed E-state index contributed by atoms with van der Waals surface area (Å²) in [7, 11) is 0. The van der Waals surface area contributed by atoms with Crippen molar-refractivity contribution in [3.05, 3.63) is 60.4 Å². The minimum absolute atomic E-state index is 0.368. The molecule has 0 atom stereocenters. The van der Waals surface area contributed by atoms with E-state index in [4.69, 9.17) is 10.1 Å². The number of hydrogen-bond acceptors (Lipinski definition) is 4. The Morgan fingerprint density at radius 1 is 1.11 bits per heavy atom. The fourth-order valence-electron chi connectivity index (χ4n) is 3.82. The Morgan fingerprint density at radius 3 is 2.46 bits per heavy atom. The zero-order valence-corrected chi connectivity index (χ0v) is 17.1. The molecule has 1 aromatic carbocycles. The highest BCUT2D eigenvalue weighted by Crippen LogP contribution is 2.29. The third-order valence-corrected chi connectivity index (χ3v) is 5.34. The minimum atomic E-state index is 0.368. The van der Waals surface area contributed by atoms with Gasteiger partial charge in [0.1, 0.15) is 5.82 Å². The van der Waals surface area contributed by atoms with Crippen LogP contribution in [-0.4, -0.2) is 52.2 Å². The molecule has 4 rings (SSSR count). The first-order valence-electron chi connectivity index (χ1n) is 10.1. The SMILES string of the molecule is C=C(C)CN1CCN(c2cc(C(C)C)nc3c(-c4ccccc4)cnn23)CC1. The normalized spacial score (nSPS) is 15.5. The maximum Gasteiger partial charge on any atom is 0.165 e. The van der Waals surface area contributed by atoms with Gasteiger partial charge in [0.2, 0.25) is 0 Å². The van der Waals surface area contributed by atoms with Crippen molar-refractivity contribution >= 4 is 11.5 Å². The van der Waals surface area contributed by atoms with Crippen molar-refractivity contribution < 1.29 is 0 Å². The van der Waals surface area contributed by atoms with Crippen molar-refractivity contribution in [2.45, 2.75) is 26.7 Å². The lowest BCUT2D eigenvalue weighted by Gasteiger charge is -2.36. The smallest absolute Gasteiger partial charge is 0.165 e. The molecule has 0 amide bonds. The first-order valence-corrected chi connectivity index (χ1v) is 10.1. The van der Waals surface area contributed by atoms with Crippen LogP contribution in [0.4, 0.5) is 5.82 Å². The summed E-state index contributed by atoms with van der Waals surface area (Å²) in [6, 6.07) is 12.6. The molecule has 2 aromatic heterocycles. The standard InChI is InChI=1S/C23H29N5/c1-17(2)16-26-10-12-27(13-11-26)22-14-21(18(3)4)25-23-20(15-24-28(22)23)19-8-6-5-7-9-19/h5-9,14-15,18H,1,10-13,16H2,2-4H3. The van der Waals surface area contributed by atoms with Crippen LogP contribution in [0.5, 0.6) is 0 Å². The number of benzene rings is 1. The third-order valence-electron chi connectivity index (χ3n) is 5.34. The first-order chi connectivity index (χ1) is 13.5. The maximum atomic E-state index is 4.97. The molecular formula is C23H29N5. The molecule has 146 valence electrons. The summed E-state index contributed by atoms with van der Waals surface area (Å²) in [4.78, 5) is 9.89. The van der Waals surface area contributed by atoms with Crippen LogP contribution in [0.3, 0.4) is 0 Å². The topological polar surface area (TPSA) is 36.7 Å². The molecule has 0 unspecified atom stereocenters. The molecular weight excluding hydrogens is 346 g/mol. The number of fused-ring (bicyclic) bond motifs is 1. The number of nitrogens with zero attached hydrogens (tertiary/aromatic N) is 5. The van der Waals surface area contributed by atoms with E-state index in [2.05, 4.69) is 67.5 Å². The lowest BCUT2D eigenvalue weighted by molar-refractivity contribution is 0.277. The summed E-state index contributed by atoms with van der Waals surface area (Å²) in [5.41, 5.74) is 5.52. The minimum Gasteiger partial charge on any atom is -0.354 e. The van der Waals surface area contributed by atoms with Gasteiger partial charge in [0.25, 0.3) is 0 Å². The van der Waals surface area contributed by atoms with Crippen LogP contribution >= 0.6 is 0 Å². The average Bonchev–Trinajstić information content (AvgIpc) is 3.12. The van der Waals surface area contributed by atoms with Crippen LogP contribution in [0, 0.1) is 0 Å². The van der Waals surface area contributed by atoms with Crippen molar-refractivity contribution in [3.8, 4) is 11.1 Å². The molecule has 0 spiro atoms. The molecule has 0 saturated carbocycles. The van der Waals surface area contributed by atoms with Crippen LogP contribution in [0.2, 0.25) is 0 Å². The summed E-state index contributed by atoms with van der Waals surface area (Å²) in [5, 5.41) is 4.72. The van der Waals surface area contributed by atoms with Gasteiger partial charge >= 0.3 is 0 Å². The van der Waals surface area contributed by atoms with Gasteiger partial charge in [-0.25, -0.2) is 4.98 Å². The van der Waals surface area contributed by atoms with Crippen molar-refractivity contribution in [3.63, 3.8) is 0 Å². The lowest BCUT2D eigenvalue weighted by Crippen LogP contribution is -2.47. The van der Waals surface area contributed by atoms with Crippen molar-refractivity contribution in [2.24, 2.45) is 0 Å². The van der Waals surface area contributed by atoms with Crippen LogP contribution in [0.25, 0.3) is 16.8 Å². The van der Waals surface area contributed by atoms with E-state index in [1.807, 2.05) is 16.8 Å².